The summed E-state index contributed by atoms with van der Waals surface area (Å²) in [5, 5.41) is 11.0. The molecule has 0 spiro atoms. The Balaban J connectivity index is 2.29. The highest BCUT2D eigenvalue weighted by atomic mass is 16.5. The van der Waals surface area contributed by atoms with E-state index in [1.54, 1.807) is 7.11 Å². The molecule has 20 heavy (non-hydrogen) atoms. The lowest BCUT2D eigenvalue weighted by Crippen LogP contribution is -2.27. The molecule has 0 saturated carbocycles. The quantitative estimate of drug-likeness (QED) is 0.911. The molecule has 0 radical (unpaired) electrons. The van der Waals surface area contributed by atoms with Crippen molar-refractivity contribution in [3.63, 3.8) is 0 Å². The molecule has 1 atom stereocenters. The Labute approximate surface area is 116 Å². The Morgan fingerprint density at radius 1 is 1.30 bits per heavy atom. The first-order valence-electron chi connectivity index (χ1n) is 6.46. The molecule has 0 heterocycles. The minimum absolute atomic E-state index is 0.0551. The second kappa shape index (κ2) is 4.63. The van der Waals surface area contributed by atoms with Gasteiger partial charge in [0.05, 0.1) is 13.0 Å². The van der Waals surface area contributed by atoms with E-state index in [2.05, 4.69) is 0 Å². The third-order valence-electron chi connectivity index (χ3n) is 3.85. The zero-order chi connectivity index (χ0) is 14.3. The minimum Gasteiger partial charge on any atom is -0.496 e. The number of carbonyl (C=O) groups excluding carboxylic acids is 1. The van der Waals surface area contributed by atoms with Crippen molar-refractivity contribution in [3.8, 4) is 5.75 Å². The van der Waals surface area contributed by atoms with E-state index in [9.17, 15) is 9.59 Å². The van der Waals surface area contributed by atoms with Gasteiger partial charge in [-0.1, -0.05) is 24.3 Å². The zero-order valence-corrected chi connectivity index (χ0v) is 11.1. The van der Waals surface area contributed by atoms with Crippen LogP contribution < -0.4 is 4.74 Å². The van der Waals surface area contributed by atoms with Gasteiger partial charge in [-0.3, -0.25) is 9.59 Å². The molecule has 1 aliphatic rings. The van der Waals surface area contributed by atoms with Crippen LogP contribution in [0, 0.1) is 5.92 Å². The first-order valence-corrected chi connectivity index (χ1v) is 6.46. The highest BCUT2D eigenvalue weighted by molar-refractivity contribution is 6.12. The maximum atomic E-state index is 12.4. The second-order valence-electron chi connectivity index (χ2n) is 5.02. The predicted octanol–water partition coefficient (Wildman–Crippen LogP) is 2.68. The van der Waals surface area contributed by atoms with Crippen LogP contribution in [0.2, 0.25) is 0 Å². The van der Waals surface area contributed by atoms with Crippen molar-refractivity contribution in [2.75, 3.05) is 7.11 Å². The molecular formula is C16H14O4. The number of hydrogen-bond donors (Lipinski definition) is 1. The standard InChI is InChI=1S/C16H14O4/c1-20-14-8-9-4-2-3-5-11(9)15-12(14)6-10(16(18)19)7-13(15)17/h2-5,8,10H,6-7H2,1H3,(H,18,19). The average Bonchev–Trinajstić information content (AvgIpc) is 2.45. The number of ketones is 1. The molecule has 0 fully saturated rings. The summed E-state index contributed by atoms with van der Waals surface area (Å²) in [6.45, 7) is 0. The van der Waals surface area contributed by atoms with Crippen molar-refractivity contribution >= 4 is 22.5 Å². The molecule has 4 heteroatoms. The van der Waals surface area contributed by atoms with Crippen molar-refractivity contribution in [2.45, 2.75) is 12.8 Å². The number of aliphatic carboxylic acids is 1. The summed E-state index contributed by atoms with van der Waals surface area (Å²) >= 11 is 0. The molecule has 1 aliphatic carbocycles. The fourth-order valence-electron chi connectivity index (χ4n) is 2.89. The molecule has 0 aromatic heterocycles. The Kier molecular flexibility index (Phi) is 2.93. The lowest BCUT2D eigenvalue weighted by molar-refractivity contribution is -0.141. The summed E-state index contributed by atoms with van der Waals surface area (Å²) in [5.41, 5.74) is 1.34. The van der Waals surface area contributed by atoms with Crippen LogP contribution in [0.4, 0.5) is 0 Å². The van der Waals surface area contributed by atoms with Gasteiger partial charge < -0.3 is 9.84 Å². The van der Waals surface area contributed by atoms with Crippen LogP contribution in [0.15, 0.2) is 30.3 Å². The van der Waals surface area contributed by atoms with Crippen LogP contribution in [-0.2, 0) is 11.2 Å². The molecule has 4 nitrogen and oxygen atoms in total. The lowest BCUT2D eigenvalue weighted by atomic mass is 9.80. The monoisotopic (exact) mass is 270 g/mol. The van der Waals surface area contributed by atoms with Gasteiger partial charge in [-0.15, -0.1) is 0 Å². The number of carboxylic acid groups (broad SMARTS) is 1. The van der Waals surface area contributed by atoms with Gasteiger partial charge in [-0.25, -0.2) is 0 Å². The van der Waals surface area contributed by atoms with Gasteiger partial charge in [0.25, 0.3) is 0 Å². The van der Waals surface area contributed by atoms with Crippen molar-refractivity contribution < 1.29 is 19.4 Å². The molecule has 1 N–H and O–H groups in total. The van der Waals surface area contributed by atoms with Crippen LogP contribution in [-0.4, -0.2) is 24.0 Å². The normalized spacial score (nSPS) is 17.9. The van der Waals surface area contributed by atoms with E-state index in [1.165, 1.54) is 0 Å². The van der Waals surface area contributed by atoms with Gasteiger partial charge in [0, 0.05) is 17.5 Å². The average molecular weight is 270 g/mol. The molecule has 0 bridgehead atoms. The highest BCUT2D eigenvalue weighted by Crippen LogP contribution is 2.37. The SMILES string of the molecule is COc1cc2ccccc2c2c1CC(C(=O)O)CC2=O. The summed E-state index contributed by atoms with van der Waals surface area (Å²) < 4.78 is 5.35. The number of fused-ring (bicyclic) bond motifs is 3. The Bertz CT molecular complexity index is 718. The molecule has 102 valence electrons. The van der Waals surface area contributed by atoms with Gasteiger partial charge >= 0.3 is 5.97 Å². The molecule has 2 aromatic carbocycles. The third-order valence-corrected chi connectivity index (χ3v) is 3.85. The van der Waals surface area contributed by atoms with E-state index < -0.39 is 11.9 Å². The molecule has 2 aromatic rings. The smallest absolute Gasteiger partial charge is 0.307 e. The van der Waals surface area contributed by atoms with E-state index in [4.69, 9.17) is 9.84 Å². The summed E-state index contributed by atoms with van der Waals surface area (Å²) in [6.07, 6.45) is 0.393. The van der Waals surface area contributed by atoms with Crippen LogP contribution in [0.3, 0.4) is 0 Å². The zero-order valence-electron chi connectivity index (χ0n) is 11.1. The number of Topliss-reactive ketones (excluding diaryl/α,β-unsaturated/α-hetero) is 1. The van der Waals surface area contributed by atoms with Crippen molar-refractivity contribution in [1.82, 2.24) is 0 Å². The van der Waals surface area contributed by atoms with E-state index in [0.717, 1.165) is 16.3 Å². The molecule has 3 rings (SSSR count). The van der Waals surface area contributed by atoms with Gasteiger partial charge in [0.1, 0.15) is 5.75 Å². The number of benzene rings is 2. The maximum absolute atomic E-state index is 12.4. The lowest BCUT2D eigenvalue weighted by Gasteiger charge is -2.24. The Morgan fingerprint density at radius 3 is 2.75 bits per heavy atom. The number of methoxy groups -OCH3 is 1. The molecular weight excluding hydrogens is 256 g/mol. The number of carboxylic acids is 1. The first-order chi connectivity index (χ1) is 9.61. The van der Waals surface area contributed by atoms with Crippen LogP contribution >= 0.6 is 0 Å². The van der Waals surface area contributed by atoms with Crippen molar-refractivity contribution in [2.24, 2.45) is 5.92 Å². The summed E-state index contributed by atoms with van der Waals surface area (Å²) in [5.74, 6) is -1.11. The largest absolute Gasteiger partial charge is 0.496 e. The van der Waals surface area contributed by atoms with E-state index in [-0.39, 0.29) is 12.2 Å². The number of carbonyl (C=O) groups is 2. The van der Waals surface area contributed by atoms with Gasteiger partial charge in [0.15, 0.2) is 5.78 Å². The van der Waals surface area contributed by atoms with E-state index >= 15 is 0 Å². The van der Waals surface area contributed by atoms with E-state index in [1.807, 2.05) is 30.3 Å². The Morgan fingerprint density at radius 2 is 2.05 bits per heavy atom. The number of ether oxygens (including phenoxy) is 1. The van der Waals surface area contributed by atoms with Crippen LogP contribution in [0.5, 0.6) is 5.75 Å². The highest BCUT2D eigenvalue weighted by Gasteiger charge is 2.33. The fourth-order valence-corrected chi connectivity index (χ4v) is 2.89. The molecule has 0 saturated heterocycles. The fraction of sp³-hybridized carbons (Fsp3) is 0.250. The number of hydrogen-bond acceptors (Lipinski definition) is 3. The summed E-state index contributed by atoms with van der Waals surface area (Å²) in [7, 11) is 1.54. The maximum Gasteiger partial charge on any atom is 0.307 e. The van der Waals surface area contributed by atoms with Crippen LogP contribution in [0.25, 0.3) is 10.8 Å². The predicted molar refractivity (Wildman–Crippen MR) is 74.3 cm³/mol. The van der Waals surface area contributed by atoms with E-state index in [0.29, 0.717) is 17.7 Å². The third kappa shape index (κ3) is 1.84. The molecule has 0 amide bonds. The van der Waals surface area contributed by atoms with Crippen molar-refractivity contribution in [3.05, 3.63) is 41.5 Å². The topological polar surface area (TPSA) is 63.6 Å². The van der Waals surface area contributed by atoms with Gasteiger partial charge in [0.2, 0.25) is 0 Å². The number of rotatable bonds is 2. The second-order valence-corrected chi connectivity index (χ2v) is 5.02. The molecule has 0 aliphatic heterocycles. The van der Waals surface area contributed by atoms with Crippen molar-refractivity contribution in [1.29, 1.82) is 0 Å². The van der Waals surface area contributed by atoms with Crippen LogP contribution in [0.1, 0.15) is 22.3 Å². The van der Waals surface area contributed by atoms with Gasteiger partial charge in [-0.05, 0) is 23.3 Å². The Hall–Kier alpha value is -2.36. The molecule has 1 unspecified atom stereocenters. The summed E-state index contributed by atoms with van der Waals surface area (Å²) in [4.78, 5) is 23.5. The van der Waals surface area contributed by atoms with Gasteiger partial charge in [-0.2, -0.15) is 0 Å². The first kappa shape index (κ1) is 12.7. The minimum atomic E-state index is -0.931. The summed E-state index contributed by atoms with van der Waals surface area (Å²) in [6, 6.07) is 9.47.